The molecule has 0 aliphatic heterocycles. The van der Waals surface area contributed by atoms with Gasteiger partial charge in [0, 0.05) is 10.9 Å². The number of rotatable bonds is 11. The first-order valence-corrected chi connectivity index (χ1v) is 12.6. The van der Waals surface area contributed by atoms with Crippen LogP contribution in [0.1, 0.15) is 11.1 Å². The smallest absolute Gasteiger partial charge is 0.206 e. The minimum Gasteiger partial charge on any atom is -0.497 e. The standard InChI is InChI=1S/C29H28FN3O4S/c1-5-14-31-29-33(25(19-38-29)24-16-23(34-2)11-13-26(24)35-3)32-17-21-8-12-27(28(15-21)36-4)37-18-20-6-9-22(30)10-7-20/h5-13,15-17,19H,1,14,18H2,2-4H3. The molecule has 9 heteroatoms. The summed E-state index contributed by atoms with van der Waals surface area (Å²) in [5.41, 5.74) is 3.27. The zero-order valence-electron chi connectivity index (χ0n) is 21.4. The van der Waals surface area contributed by atoms with Crippen molar-refractivity contribution >= 4 is 17.6 Å². The molecule has 196 valence electrons. The van der Waals surface area contributed by atoms with Crippen LogP contribution in [-0.2, 0) is 6.61 Å². The van der Waals surface area contributed by atoms with Crippen LogP contribution >= 0.6 is 11.3 Å². The predicted molar refractivity (Wildman–Crippen MR) is 148 cm³/mol. The minimum absolute atomic E-state index is 0.285. The molecule has 1 aromatic heterocycles. The van der Waals surface area contributed by atoms with E-state index < -0.39 is 0 Å². The summed E-state index contributed by atoms with van der Waals surface area (Å²) in [6.45, 7) is 4.51. The number of methoxy groups -OCH3 is 3. The minimum atomic E-state index is -0.285. The highest BCUT2D eigenvalue weighted by atomic mass is 32.1. The molecule has 4 aromatic rings. The third kappa shape index (κ3) is 6.30. The van der Waals surface area contributed by atoms with Crippen LogP contribution in [0.3, 0.4) is 0 Å². The Bertz CT molecular complexity index is 1490. The molecular weight excluding hydrogens is 505 g/mol. The third-order valence-corrected chi connectivity index (χ3v) is 6.40. The molecule has 4 rings (SSSR count). The van der Waals surface area contributed by atoms with Gasteiger partial charge in [-0.3, -0.25) is 4.99 Å². The van der Waals surface area contributed by atoms with Crippen LogP contribution in [-0.4, -0.2) is 38.8 Å². The molecule has 0 atom stereocenters. The molecule has 0 N–H and O–H groups in total. The summed E-state index contributed by atoms with van der Waals surface area (Å²) in [5.74, 6) is 2.23. The molecule has 7 nitrogen and oxygen atoms in total. The highest BCUT2D eigenvalue weighted by Gasteiger charge is 2.14. The summed E-state index contributed by atoms with van der Waals surface area (Å²) in [6.07, 6.45) is 3.46. The normalized spacial score (nSPS) is 11.5. The first kappa shape index (κ1) is 26.7. The lowest BCUT2D eigenvalue weighted by Crippen LogP contribution is -2.12. The second-order valence-corrected chi connectivity index (χ2v) is 8.82. The molecule has 0 amide bonds. The van der Waals surface area contributed by atoms with Crippen molar-refractivity contribution in [2.75, 3.05) is 27.9 Å². The number of hydrogen-bond acceptors (Lipinski definition) is 7. The van der Waals surface area contributed by atoms with Gasteiger partial charge in [-0.1, -0.05) is 18.2 Å². The van der Waals surface area contributed by atoms with Gasteiger partial charge >= 0.3 is 0 Å². The topological polar surface area (TPSA) is 66.6 Å². The van der Waals surface area contributed by atoms with Gasteiger partial charge in [-0.25, -0.2) is 9.07 Å². The molecule has 0 aliphatic carbocycles. The molecule has 0 aliphatic rings. The summed E-state index contributed by atoms with van der Waals surface area (Å²) in [4.78, 5) is 5.30. The van der Waals surface area contributed by atoms with E-state index in [2.05, 4.69) is 11.6 Å². The Morgan fingerprint density at radius 2 is 1.68 bits per heavy atom. The van der Waals surface area contributed by atoms with Gasteiger partial charge < -0.3 is 18.9 Å². The van der Waals surface area contributed by atoms with E-state index in [0.29, 0.717) is 34.3 Å². The maximum atomic E-state index is 13.2. The number of hydrogen-bond donors (Lipinski definition) is 0. The predicted octanol–water partition coefficient (Wildman–Crippen LogP) is 5.93. The lowest BCUT2D eigenvalue weighted by Gasteiger charge is -2.12. The van der Waals surface area contributed by atoms with E-state index in [0.717, 1.165) is 22.4 Å². The summed E-state index contributed by atoms with van der Waals surface area (Å²) >= 11 is 1.46. The van der Waals surface area contributed by atoms with Gasteiger partial charge in [0.1, 0.15) is 23.9 Å². The van der Waals surface area contributed by atoms with Crippen LogP contribution in [0.15, 0.2) is 88.8 Å². The highest BCUT2D eigenvalue weighted by Crippen LogP contribution is 2.34. The Morgan fingerprint density at radius 1 is 0.921 bits per heavy atom. The number of aromatic nitrogens is 1. The van der Waals surface area contributed by atoms with Crippen molar-refractivity contribution in [1.82, 2.24) is 4.68 Å². The lowest BCUT2D eigenvalue weighted by atomic mass is 10.1. The van der Waals surface area contributed by atoms with Crippen LogP contribution in [0.4, 0.5) is 4.39 Å². The quantitative estimate of drug-likeness (QED) is 0.177. The average molecular weight is 534 g/mol. The Hall–Kier alpha value is -4.37. The van der Waals surface area contributed by atoms with Gasteiger partial charge in [0.2, 0.25) is 4.80 Å². The summed E-state index contributed by atoms with van der Waals surface area (Å²) < 4.78 is 37.4. The van der Waals surface area contributed by atoms with Crippen molar-refractivity contribution in [3.8, 4) is 34.3 Å². The van der Waals surface area contributed by atoms with Crippen LogP contribution in [0.2, 0.25) is 0 Å². The Kier molecular flexibility index (Phi) is 8.94. The molecule has 0 bridgehead atoms. The number of ether oxygens (including phenoxy) is 4. The van der Waals surface area contributed by atoms with E-state index in [1.165, 1.54) is 23.5 Å². The molecule has 1 heterocycles. The summed E-state index contributed by atoms with van der Waals surface area (Å²) in [5, 5.41) is 6.72. The number of halogens is 1. The van der Waals surface area contributed by atoms with Crippen molar-refractivity contribution in [3.05, 3.63) is 100 Å². The second kappa shape index (κ2) is 12.7. The average Bonchev–Trinajstić information content (AvgIpc) is 3.36. The van der Waals surface area contributed by atoms with Gasteiger partial charge in [0.05, 0.1) is 39.8 Å². The van der Waals surface area contributed by atoms with E-state index in [4.69, 9.17) is 24.0 Å². The molecule has 0 saturated carbocycles. The maximum Gasteiger partial charge on any atom is 0.206 e. The number of benzene rings is 3. The van der Waals surface area contributed by atoms with Gasteiger partial charge in [0.25, 0.3) is 0 Å². The lowest BCUT2D eigenvalue weighted by molar-refractivity contribution is 0.284. The maximum absolute atomic E-state index is 13.2. The molecule has 38 heavy (non-hydrogen) atoms. The largest absolute Gasteiger partial charge is 0.497 e. The zero-order valence-corrected chi connectivity index (χ0v) is 22.2. The van der Waals surface area contributed by atoms with Crippen LogP contribution in [0.25, 0.3) is 11.3 Å². The zero-order chi connectivity index (χ0) is 26.9. The van der Waals surface area contributed by atoms with Crippen LogP contribution in [0.5, 0.6) is 23.0 Å². The fourth-order valence-electron chi connectivity index (χ4n) is 3.61. The Morgan fingerprint density at radius 3 is 2.39 bits per heavy atom. The van der Waals surface area contributed by atoms with E-state index >= 15 is 0 Å². The van der Waals surface area contributed by atoms with Crippen molar-refractivity contribution in [2.45, 2.75) is 6.61 Å². The Balaban J connectivity index is 1.66. The highest BCUT2D eigenvalue weighted by molar-refractivity contribution is 7.07. The first-order chi connectivity index (χ1) is 18.6. The van der Waals surface area contributed by atoms with Crippen LogP contribution in [0, 0.1) is 5.82 Å². The second-order valence-electron chi connectivity index (χ2n) is 7.98. The van der Waals surface area contributed by atoms with E-state index in [-0.39, 0.29) is 12.4 Å². The van der Waals surface area contributed by atoms with Gasteiger partial charge in [0.15, 0.2) is 11.5 Å². The van der Waals surface area contributed by atoms with Gasteiger partial charge in [-0.05, 0) is 59.7 Å². The monoisotopic (exact) mass is 533 g/mol. The molecule has 0 fully saturated rings. The first-order valence-electron chi connectivity index (χ1n) is 11.7. The van der Waals surface area contributed by atoms with E-state index in [1.54, 1.807) is 50.4 Å². The summed E-state index contributed by atoms with van der Waals surface area (Å²) in [6, 6.07) is 17.3. The van der Waals surface area contributed by atoms with Crippen molar-refractivity contribution < 1.29 is 23.3 Å². The summed E-state index contributed by atoms with van der Waals surface area (Å²) in [7, 11) is 4.82. The van der Waals surface area contributed by atoms with Crippen molar-refractivity contribution in [2.24, 2.45) is 10.1 Å². The van der Waals surface area contributed by atoms with E-state index in [1.807, 2.05) is 41.8 Å². The van der Waals surface area contributed by atoms with E-state index in [9.17, 15) is 4.39 Å². The SMILES string of the molecule is C=CCN=c1scc(-c2cc(OC)ccc2OC)n1N=Cc1ccc(OCc2ccc(F)cc2)c(OC)c1. The molecule has 0 unspecified atom stereocenters. The Labute approximate surface area is 224 Å². The third-order valence-electron chi connectivity index (χ3n) is 5.54. The van der Waals surface area contributed by atoms with Crippen molar-refractivity contribution in [3.63, 3.8) is 0 Å². The number of nitrogens with zero attached hydrogens (tertiary/aromatic N) is 3. The van der Waals surface area contributed by atoms with Gasteiger partial charge in [-0.15, -0.1) is 17.9 Å². The molecular formula is C29H28FN3O4S. The molecule has 0 spiro atoms. The van der Waals surface area contributed by atoms with Gasteiger partial charge in [-0.2, -0.15) is 5.10 Å². The van der Waals surface area contributed by atoms with Crippen molar-refractivity contribution in [1.29, 1.82) is 0 Å². The number of thiazole rings is 1. The fraction of sp³-hybridized carbons (Fsp3) is 0.172. The van der Waals surface area contributed by atoms with Crippen LogP contribution < -0.4 is 23.7 Å². The molecule has 0 radical (unpaired) electrons. The molecule has 0 saturated heterocycles. The fourth-order valence-corrected chi connectivity index (χ4v) is 4.45. The molecule has 3 aromatic carbocycles.